The van der Waals surface area contributed by atoms with Gasteiger partial charge in [0.25, 0.3) is 0 Å². The van der Waals surface area contributed by atoms with Crippen LogP contribution < -0.4 is 10.0 Å². The first-order valence-corrected chi connectivity index (χ1v) is 9.26. The third-order valence-electron chi connectivity index (χ3n) is 3.05. The number of aryl methyl sites for hydroxylation is 1. The Morgan fingerprint density at radius 2 is 1.87 bits per heavy atom. The fraction of sp³-hybridized carbons (Fsp3) is 0.188. The molecule has 0 saturated heterocycles. The Morgan fingerprint density at radius 3 is 2.57 bits per heavy atom. The van der Waals surface area contributed by atoms with E-state index in [1.54, 1.807) is 18.2 Å². The van der Waals surface area contributed by atoms with Crippen molar-refractivity contribution < 1.29 is 13.2 Å². The van der Waals surface area contributed by atoms with Crippen molar-refractivity contribution in [1.82, 2.24) is 4.72 Å². The van der Waals surface area contributed by atoms with E-state index in [0.29, 0.717) is 10.2 Å². The van der Waals surface area contributed by atoms with Gasteiger partial charge in [-0.1, -0.05) is 34.1 Å². The smallest absolute Gasteiger partial charge is 0.240 e. The number of carbonyl (C=O) groups is 1. The number of nitrogens with one attached hydrogen (secondary N) is 2. The lowest BCUT2D eigenvalue weighted by atomic mass is 10.2. The molecule has 0 aliphatic rings. The highest BCUT2D eigenvalue weighted by atomic mass is 79.9. The van der Waals surface area contributed by atoms with Gasteiger partial charge in [0.2, 0.25) is 15.9 Å². The van der Waals surface area contributed by atoms with E-state index in [9.17, 15) is 13.2 Å². The lowest BCUT2D eigenvalue weighted by molar-refractivity contribution is -0.116. The molecule has 2 rings (SSSR count). The Balaban J connectivity index is 1.88. The highest BCUT2D eigenvalue weighted by Gasteiger charge is 2.14. The van der Waals surface area contributed by atoms with Gasteiger partial charge in [-0.15, -0.1) is 0 Å². The number of hydrogen-bond acceptors (Lipinski definition) is 3. The highest BCUT2D eigenvalue weighted by Crippen LogP contribution is 2.15. The second kappa shape index (κ2) is 7.72. The Hall–Kier alpha value is -1.70. The van der Waals surface area contributed by atoms with E-state index in [1.165, 1.54) is 12.1 Å². The van der Waals surface area contributed by atoms with Gasteiger partial charge in [-0.2, -0.15) is 0 Å². The maximum Gasteiger partial charge on any atom is 0.240 e. The van der Waals surface area contributed by atoms with Crippen molar-refractivity contribution in [3.63, 3.8) is 0 Å². The van der Waals surface area contributed by atoms with Crippen LogP contribution >= 0.6 is 15.9 Å². The van der Waals surface area contributed by atoms with Gasteiger partial charge in [0, 0.05) is 23.1 Å². The summed E-state index contributed by atoms with van der Waals surface area (Å²) >= 11 is 3.23. The number of sulfonamides is 1. The Bertz CT molecular complexity index is 806. The highest BCUT2D eigenvalue weighted by molar-refractivity contribution is 9.10. The van der Waals surface area contributed by atoms with Crippen LogP contribution in [0.15, 0.2) is 57.9 Å². The minimum absolute atomic E-state index is 0.0342. The summed E-state index contributed by atoms with van der Waals surface area (Å²) in [5.74, 6) is -0.243. The van der Waals surface area contributed by atoms with E-state index in [1.807, 2.05) is 25.1 Å². The molecule has 0 aliphatic heterocycles. The van der Waals surface area contributed by atoms with Crippen LogP contribution in [-0.2, 0) is 14.8 Å². The second-order valence-corrected chi connectivity index (χ2v) is 7.71. The predicted molar refractivity (Wildman–Crippen MR) is 93.8 cm³/mol. The van der Waals surface area contributed by atoms with Crippen molar-refractivity contribution >= 4 is 37.5 Å². The van der Waals surface area contributed by atoms with Crippen molar-refractivity contribution in [3.8, 4) is 0 Å². The molecule has 0 spiro atoms. The van der Waals surface area contributed by atoms with Crippen molar-refractivity contribution in [2.45, 2.75) is 18.2 Å². The van der Waals surface area contributed by atoms with Crippen LogP contribution in [-0.4, -0.2) is 20.9 Å². The first-order chi connectivity index (χ1) is 10.9. The van der Waals surface area contributed by atoms with Gasteiger partial charge in [-0.05, 0) is 42.8 Å². The molecule has 0 fully saturated rings. The molecular formula is C16H17BrN2O3S. The van der Waals surface area contributed by atoms with Crippen LogP contribution in [0.1, 0.15) is 12.0 Å². The lowest BCUT2D eigenvalue weighted by Crippen LogP contribution is -2.27. The van der Waals surface area contributed by atoms with Gasteiger partial charge in [-0.3, -0.25) is 4.79 Å². The topological polar surface area (TPSA) is 75.3 Å². The number of halogens is 1. The minimum Gasteiger partial charge on any atom is -0.326 e. The van der Waals surface area contributed by atoms with Gasteiger partial charge in [0.15, 0.2) is 0 Å². The molecule has 1 amide bonds. The third kappa shape index (κ3) is 5.46. The molecule has 2 aromatic rings. The lowest BCUT2D eigenvalue weighted by Gasteiger charge is -2.08. The first-order valence-electron chi connectivity index (χ1n) is 6.98. The summed E-state index contributed by atoms with van der Waals surface area (Å²) in [6.07, 6.45) is 0.0567. The zero-order chi connectivity index (χ0) is 16.9. The first kappa shape index (κ1) is 17.7. The largest absolute Gasteiger partial charge is 0.326 e. The van der Waals surface area contributed by atoms with E-state index in [4.69, 9.17) is 0 Å². The van der Waals surface area contributed by atoms with E-state index >= 15 is 0 Å². The molecule has 23 heavy (non-hydrogen) atoms. The van der Waals surface area contributed by atoms with Crippen LogP contribution in [0.4, 0.5) is 5.69 Å². The Kier molecular flexibility index (Phi) is 5.92. The van der Waals surface area contributed by atoms with Crippen molar-refractivity contribution in [1.29, 1.82) is 0 Å². The molecular weight excluding hydrogens is 380 g/mol. The summed E-state index contributed by atoms with van der Waals surface area (Å²) < 4.78 is 27.3. The summed E-state index contributed by atoms with van der Waals surface area (Å²) in [6.45, 7) is 1.97. The summed E-state index contributed by atoms with van der Waals surface area (Å²) in [7, 11) is -3.62. The van der Waals surface area contributed by atoms with Crippen molar-refractivity contribution in [3.05, 3.63) is 58.6 Å². The molecule has 0 aliphatic carbocycles. The fourth-order valence-electron chi connectivity index (χ4n) is 1.96. The Labute approximate surface area is 144 Å². The third-order valence-corrected chi connectivity index (χ3v) is 5.00. The minimum atomic E-state index is -3.62. The summed E-state index contributed by atoms with van der Waals surface area (Å²) in [5, 5.41) is 2.74. The van der Waals surface area contributed by atoms with Gasteiger partial charge in [0.1, 0.15) is 0 Å². The fourth-order valence-corrected chi connectivity index (χ4v) is 3.59. The maximum atomic E-state index is 12.1. The number of benzene rings is 2. The predicted octanol–water partition coefficient (Wildman–Crippen LogP) is 3.06. The normalized spacial score (nSPS) is 11.2. The average molecular weight is 397 g/mol. The molecule has 122 valence electrons. The van der Waals surface area contributed by atoms with Crippen LogP contribution in [0.3, 0.4) is 0 Å². The molecule has 0 bridgehead atoms. The van der Waals surface area contributed by atoms with Crippen LogP contribution in [0.5, 0.6) is 0 Å². The van der Waals surface area contributed by atoms with Crippen LogP contribution in [0.25, 0.3) is 0 Å². The number of carbonyl (C=O) groups excluding carboxylic acids is 1. The molecule has 0 aromatic heterocycles. The molecule has 0 radical (unpaired) electrons. The quantitative estimate of drug-likeness (QED) is 0.787. The standard InChI is InChI=1S/C16H17BrN2O3S/c1-12-4-2-6-14(10-12)19-16(20)8-9-18-23(21,22)15-7-3-5-13(17)11-15/h2-7,10-11,18H,8-9H2,1H3,(H,19,20). The van der Waals surface area contributed by atoms with Crippen LogP contribution in [0, 0.1) is 6.92 Å². The monoisotopic (exact) mass is 396 g/mol. The van der Waals surface area contributed by atoms with E-state index in [2.05, 4.69) is 26.0 Å². The second-order valence-electron chi connectivity index (χ2n) is 5.02. The van der Waals surface area contributed by atoms with E-state index < -0.39 is 10.0 Å². The maximum absolute atomic E-state index is 12.1. The zero-order valence-electron chi connectivity index (χ0n) is 12.5. The molecule has 0 saturated carbocycles. The van der Waals surface area contributed by atoms with Gasteiger partial charge < -0.3 is 5.32 Å². The van der Waals surface area contributed by atoms with E-state index in [-0.39, 0.29) is 23.8 Å². The molecule has 2 aromatic carbocycles. The number of rotatable bonds is 6. The van der Waals surface area contributed by atoms with Gasteiger partial charge >= 0.3 is 0 Å². The summed E-state index contributed by atoms with van der Waals surface area (Å²) in [4.78, 5) is 12.0. The molecule has 0 atom stereocenters. The molecule has 5 nitrogen and oxygen atoms in total. The van der Waals surface area contributed by atoms with Gasteiger partial charge in [0.05, 0.1) is 4.90 Å². The van der Waals surface area contributed by atoms with Crippen molar-refractivity contribution in [2.75, 3.05) is 11.9 Å². The molecule has 7 heteroatoms. The zero-order valence-corrected chi connectivity index (χ0v) is 14.9. The molecule has 0 heterocycles. The van der Waals surface area contributed by atoms with Crippen molar-refractivity contribution in [2.24, 2.45) is 0 Å². The van der Waals surface area contributed by atoms with Gasteiger partial charge in [-0.25, -0.2) is 13.1 Å². The SMILES string of the molecule is Cc1cccc(NC(=O)CCNS(=O)(=O)c2cccc(Br)c2)c1. The summed E-state index contributed by atoms with van der Waals surface area (Å²) in [5.41, 5.74) is 1.74. The number of hydrogen-bond donors (Lipinski definition) is 2. The van der Waals surface area contributed by atoms with Crippen LogP contribution in [0.2, 0.25) is 0 Å². The molecule has 2 N–H and O–H groups in total. The molecule has 0 unspecified atom stereocenters. The van der Waals surface area contributed by atoms with E-state index in [0.717, 1.165) is 5.56 Å². The average Bonchev–Trinajstić information content (AvgIpc) is 2.47. The number of amides is 1. The summed E-state index contributed by atoms with van der Waals surface area (Å²) in [6, 6.07) is 13.8. The number of anilines is 1. The Morgan fingerprint density at radius 1 is 1.13 bits per heavy atom.